The fourth-order valence-electron chi connectivity index (χ4n) is 1.40. The van der Waals surface area contributed by atoms with E-state index in [4.69, 9.17) is 0 Å². The van der Waals surface area contributed by atoms with Crippen molar-refractivity contribution in [2.75, 3.05) is 13.6 Å². The minimum atomic E-state index is 0.174. The number of amides is 1. The van der Waals surface area contributed by atoms with Gasteiger partial charge in [-0.3, -0.25) is 4.79 Å². The van der Waals surface area contributed by atoms with Gasteiger partial charge < -0.3 is 10.2 Å². The highest BCUT2D eigenvalue weighted by Crippen LogP contribution is 2.18. The lowest BCUT2D eigenvalue weighted by atomic mass is 10.3. The molecule has 1 aliphatic carbocycles. The molecule has 0 aromatic carbocycles. The molecule has 0 unspecified atom stereocenters. The second-order valence-corrected chi connectivity index (χ2v) is 4.82. The molecule has 2 rings (SSSR count). The molecule has 1 fully saturated rings. The Bertz CT molecular complexity index is 319. The van der Waals surface area contributed by atoms with Crippen molar-refractivity contribution in [2.45, 2.75) is 25.4 Å². The van der Waals surface area contributed by atoms with E-state index in [9.17, 15) is 4.79 Å². The molecule has 1 heterocycles. The summed E-state index contributed by atoms with van der Waals surface area (Å²) in [4.78, 5) is 13.4. The number of hydrogen-bond acceptors (Lipinski definition) is 3. The third-order valence-corrected chi connectivity index (χ3v) is 3.28. The van der Waals surface area contributed by atoms with Crippen molar-refractivity contribution < 1.29 is 4.79 Å². The first-order valence-corrected chi connectivity index (χ1v) is 6.18. The summed E-state index contributed by atoms with van der Waals surface area (Å²) in [7, 11) is 1.86. The molecular formula is C11H16N2OS. The van der Waals surface area contributed by atoms with Gasteiger partial charge in [-0.15, -0.1) is 0 Å². The van der Waals surface area contributed by atoms with Gasteiger partial charge in [0, 0.05) is 19.6 Å². The molecule has 4 heteroatoms. The van der Waals surface area contributed by atoms with Gasteiger partial charge in [-0.2, -0.15) is 11.3 Å². The Hall–Kier alpha value is -0.870. The number of thiophene rings is 1. The number of carbonyl (C=O) groups is 1. The largest absolute Gasteiger partial charge is 0.340 e. The van der Waals surface area contributed by atoms with Crippen LogP contribution >= 0.6 is 11.3 Å². The first-order chi connectivity index (χ1) is 7.25. The molecule has 1 aromatic heterocycles. The van der Waals surface area contributed by atoms with E-state index in [2.05, 4.69) is 16.8 Å². The summed E-state index contributed by atoms with van der Waals surface area (Å²) in [6.45, 7) is 1.19. The highest BCUT2D eigenvalue weighted by molar-refractivity contribution is 7.07. The second-order valence-electron chi connectivity index (χ2n) is 4.04. The molecule has 1 saturated carbocycles. The van der Waals surface area contributed by atoms with Gasteiger partial charge in [0.25, 0.3) is 0 Å². The average molecular weight is 224 g/mol. The standard InChI is InChI=1S/C11H16N2OS/c1-13(7-9-4-5-15-8-9)11(14)6-12-10-2-3-10/h4-5,8,10,12H,2-3,6-7H2,1H3. The van der Waals surface area contributed by atoms with Crippen molar-refractivity contribution in [1.82, 2.24) is 10.2 Å². The van der Waals surface area contributed by atoms with Crippen LogP contribution in [0, 0.1) is 0 Å². The highest BCUT2D eigenvalue weighted by atomic mass is 32.1. The summed E-state index contributed by atoms with van der Waals surface area (Å²) in [6.07, 6.45) is 2.45. The highest BCUT2D eigenvalue weighted by Gasteiger charge is 2.21. The van der Waals surface area contributed by atoms with Crippen LogP contribution in [-0.4, -0.2) is 30.4 Å². The van der Waals surface area contributed by atoms with Crippen LogP contribution in [0.2, 0.25) is 0 Å². The van der Waals surface area contributed by atoms with E-state index in [-0.39, 0.29) is 5.91 Å². The molecule has 0 bridgehead atoms. The van der Waals surface area contributed by atoms with E-state index < -0.39 is 0 Å². The monoisotopic (exact) mass is 224 g/mol. The van der Waals surface area contributed by atoms with E-state index in [0.717, 1.165) is 0 Å². The second kappa shape index (κ2) is 4.77. The summed E-state index contributed by atoms with van der Waals surface area (Å²) in [6, 6.07) is 2.66. The molecule has 3 nitrogen and oxygen atoms in total. The van der Waals surface area contributed by atoms with Crippen LogP contribution in [0.5, 0.6) is 0 Å². The third-order valence-electron chi connectivity index (χ3n) is 2.54. The van der Waals surface area contributed by atoms with Gasteiger partial charge in [0.2, 0.25) is 5.91 Å². The van der Waals surface area contributed by atoms with E-state index >= 15 is 0 Å². The van der Waals surface area contributed by atoms with Gasteiger partial charge in [0.15, 0.2) is 0 Å². The van der Waals surface area contributed by atoms with Crippen LogP contribution in [0.1, 0.15) is 18.4 Å². The number of nitrogens with zero attached hydrogens (tertiary/aromatic N) is 1. The lowest BCUT2D eigenvalue weighted by molar-refractivity contribution is -0.129. The van der Waals surface area contributed by atoms with Crippen molar-refractivity contribution in [2.24, 2.45) is 0 Å². The molecule has 1 amide bonds. The summed E-state index contributed by atoms with van der Waals surface area (Å²) in [5, 5.41) is 7.35. The SMILES string of the molecule is CN(Cc1ccsc1)C(=O)CNC1CC1. The quantitative estimate of drug-likeness (QED) is 0.821. The number of hydrogen-bond donors (Lipinski definition) is 1. The Kier molecular flexibility index (Phi) is 3.38. The fraction of sp³-hybridized carbons (Fsp3) is 0.545. The number of likely N-dealkylation sites (N-methyl/N-ethyl adjacent to an activating group) is 1. The first kappa shape index (κ1) is 10.6. The van der Waals surface area contributed by atoms with E-state index in [0.29, 0.717) is 19.1 Å². The van der Waals surface area contributed by atoms with Crippen molar-refractivity contribution in [3.05, 3.63) is 22.4 Å². The normalized spacial score (nSPS) is 15.3. The summed E-state index contributed by atoms with van der Waals surface area (Å²) in [5.41, 5.74) is 1.21. The Balaban J connectivity index is 1.73. The van der Waals surface area contributed by atoms with E-state index in [1.165, 1.54) is 18.4 Å². The van der Waals surface area contributed by atoms with Crippen LogP contribution in [-0.2, 0) is 11.3 Å². The van der Waals surface area contributed by atoms with Crippen LogP contribution in [0.25, 0.3) is 0 Å². The molecule has 1 N–H and O–H groups in total. The Morgan fingerprint density at radius 2 is 2.47 bits per heavy atom. The first-order valence-electron chi connectivity index (χ1n) is 5.24. The molecule has 0 aliphatic heterocycles. The van der Waals surface area contributed by atoms with Gasteiger partial charge >= 0.3 is 0 Å². The predicted molar refractivity (Wildman–Crippen MR) is 61.8 cm³/mol. The predicted octanol–water partition coefficient (Wildman–Crippen LogP) is 1.46. The Morgan fingerprint density at radius 1 is 1.67 bits per heavy atom. The van der Waals surface area contributed by atoms with Crippen LogP contribution in [0.15, 0.2) is 16.8 Å². The van der Waals surface area contributed by atoms with Gasteiger partial charge in [-0.1, -0.05) is 0 Å². The third kappa shape index (κ3) is 3.32. The fourth-order valence-corrected chi connectivity index (χ4v) is 2.06. The van der Waals surface area contributed by atoms with Gasteiger partial charge in [-0.25, -0.2) is 0 Å². The van der Waals surface area contributed by atoms with Gasteiger partial charge in [-0.05, 0) is 35.2 Å². The summed E-state index contributed by atoms with van der Waals surface area (Å²) < 4.78 is 0. The average Bonchev–Trinajstić information content (AvgIpc) is 2.92. The topological polar surface area (TPSA) is 32.3 Å². The maximum absolute atomic E-state index is 11.7. The van der Waals surface area contributed by atoms with Crippen molar-refractivity contribution >= 4 is 17.2 Å². The van der Waals surface area contributed by atoms with Crippen molar-refractivity contribution in [1.29, 1.82) is 0 Å². The molecule has 15 heavy (non-hydrogen) atoms. The van der Waals surface area contributed by atoms with Crippen LogP contribution in [0.3, 0.4) is 0 Å². The number of nitrogens with one attached hydrogen (secondary N) is 1. The lowest BCUT2D eigenvalue weighted by Crippen LogP contribution is -2.35. The zero-order chi connectivity index (χ0) is 10.7. The molecule has 0 saturated heterocycles. The van der Waals surface area contributed by atoms with Gasteiger partial charge in [0.1, 0.15) is 0 Å². The number of carbonyl (C=O) groups excluding carboxylic acids is 1. The summed E-state index contributed by atoms with van der Waals surface area (Å²) in [5.74, 6) is 0.174. The maximum atomic E-state index is 11.7. The Labute approximate surface area is 94.1 Å². The molecule has 1 aliphatic rings. The summed E-state index contributed by atoms with van der Waals surface area (Å²) >= 11 is 1.67. The zero-order valence-electron chi connectivity index (χ0n) is 8.90. The van der Waals surface area contributed by atoms with Crippen LogP contribution < -0.4 is 5.32 Å². The Morgan fingerprint density at radius 3 is 3.07 bits per heavy atom. The molecule has 0 radical (unpaired) electrons. The molecule has 0 spiro atoms. The zero-order valence-corrected chi connectivity index (χ0v) is 9.72. The smallest absolute Gasteiger partial charge is 0.236 e. The van der Waals surface area contributed by atoms with E-state index in [1.807, 2.05) is 12.4 Å². The minimum Gasteiger partial charge on any atom is -0.340 e. The van der Waals surface area contributed by atoms with Crippen molar-refractivity contribution in [3.8, 4) is 0 Å². The van der Waals surface area contributed by atoms with Crippen LogP contribution in [0.4, 0.5) is 0 Å². The molecule has 82 valence electrons. The van der Waals surface area contributed by atoms with Crippen molar-refractivity contribution in [3.63, 3.8) is 0 Å². The minimum absolute atomic E-state index is 0.174. The number of rotatable bonds is 5. The van der Waals surface area contributed by atoms with Gasteiger partial charge in [0.05, 0.1) is 6.54 Å². The maximum Gasteiger partial charge on any atom is 0.236 e. The van der Waals surface area contributed by atoms with E-state index in [1.54, 1.807) is 16.2 Å². The molecule has 1 aromatic rings. The molecular weight excluding hydrogens is 208 g/mol. The molecule has 0 atom stereocenters. The lowest BCUT2D eigenvalue weighted by Gasteiger charge is -2.16.